The summed E-state index contributed by atoms with van der Waals surface area (Å²) in [6.45, 7) is 9.56. The highest BCUT2D eigenvalue weighted by Crippen LogP contribution is 2.16. The summed E-state index contributed by atoms with van der Waals surface area (Å²) in [5, 5.41) is 3.13. The fourth-order valence-electron chi connectivity index (χ4n) is 2.86. The van der Waals surface area contributed by atoms with Gasteiger partial charge in [-0.15, -0.1) is 0 Å². The lowest BCUT2D eigenvalue weighted by Gasteiger charge is -2.27. The lowest BCUT2D eigenvalue weighted by atomic mass is 10.0. The van der Waals surface area contributed by atoms with Crippen molar-refractivity contribution in [1.82, 2.24) is 10.2 Å². The highest BCUT2D eigenvalue weighted by molar-refractivity contribution is 5.78. The summed E-state index contributed by atoms with van der Waals surface area (Å²) in [6, 6.07) is 18.8. The van der Waals surface area contributed by atoms with E-state index in [-0.39, 0.29) is 11.9 Å². The van der Waals surface area contributed by atoms with Crippen LogP contribution in [0.1, 0.15) is 43.5 Å². The Balaban J connectivity index is 1.97. The molecule has 0 aliphatic carbocycles. The maximum atomic E-state index is 12.5. The number of aryl methyl sites for hydroxylation is 1. The van der Waals surface area contributed by atoms with E-state index in [1.54, 1.807) is 0 Å². The predicted molar refractivity (Wildman–Crippen MR) is 99.7 cm³/mol. The third kappa shape index (κ3) is 5.20. The third-order valence-electron chi connectivity index (χ3n) is 4.34. The van der Waals surface area contributed by atoms with Gasteiger partial charge in [0.25, 0.3) is 0 Å². The monoisotopic (exact) mass is 324 g/mol. The maximum Gasteiger partial charge on any atom is 0.234 e. The van der Waals surface area contributed by atoms with Gasteiger partial charge in [-0.2, -0.15) is 0 Å². The van der Waals surface area contributed by atoms with Crippen LogP contribution in [-0.4, -0.2) is 23.4 Å². The van der Waals surface area contributed by atoms with Crippen LogP contribution in [-0.2, 0) is 11.3 Å². The first kappa shape index (κ1) is 18.2. The van der Waals surface area contributed by atoms with E-state index in [1.165, 1.54) is 16.7 Å². The number of amides is 1. The molecule has 0 saturated heterocycles. The van der Waals surface area contributed by atoms with E-state index < -0.39 is 0 Å². The zero-order chi connectivity index (χ0) is 17.5. The van der Waals surface area contributed by atoms with Crippen LogP contribution in [0.4, 0.5) is 0 Å². The Morgan fingerprint density at radius 1 is 1.00 bits per heavy atom. The molecular formula is C21H28N2O. The number of nitrogens with one attached hydrogen (secondary N) is 1. The molecule has 0 spiro atoms. The first-order chi connectivity index (χ1) is 11.5. The van der Waals surface area contributed by atoms with Crippen LogP contribution in [0.25, 0.3) is 0 Å². The van der Waals surface area contributed by atoms with Gasteiger partial charge in [0, 0.05) is 12.6 Å². The Morgan fingerprint density at radius 2 is 1.62 bits per heavy atom. The van der Waals surface area contributed by atoms with Crippen molar-refractivity contribution in [3.8, 4) is 0 Å². The van der Waals surface area contributed by atoms with Gasteiger partial charge in [0.1, 0.15) is 0 Å². The molecule has 24 heavy (non-hydrogen) atoms. The summed E-state index contributed by atoms with van der Waals surface area (Å²) in [6.07, 6.45) is 0. The molecule has 1 amide bonds. The minimum absolute atomic E-state index is 0.0180. The van der Waals surface area contributed by atoms with E-state index in [9.17, 15) is 4.79 Å². The zero-order valence-corrected chi connectivity index (χ0v) is 15.1. The van der Waals surface area contributed by atoms with Crippen molar-refractivity contribution in [2.45, 2.75) is 46.3 Å². The van der Waals surface area contributed by atoms with E-state index in [2.05, 4.69) is 55.3 Å². The summed E-state index contributed by atoms with van der Waals surface area (Å²) < 4.78 is 0. The number of benzene rings is 2. The van der Waals surface area contributed by atoms with Gasteiger partial charge in [-0.05, 0) is 44.4 Å². The molecule has 0 aromatic heterocycles. The van der Waals surface area contributed by atoms with Gasteiger partial charge in [0.15, 0.2) is 0 Å². The molecular weight excluding hydrogens is 296 g/mol. The second-order valence-electron chi connectivity index (χ2n) is 6.63. The number of rotatable bonds is 7. The minimum Gasteiger partial charge on any atom is -0.348 e. The van der Waals surface area contributed by atoms with Crippen molar-refractivity contribution in [2.75, 3.05) is 6.54 Å². The SMILES string of the molecule is Cc1ccccc1C(C)NC(=O)CN(Cc1ccccc1)C(C)C. The van der Waals surface area contributed by atoms with Gasteiger partial charge < -0.3 is 5.32 Å². The Hall–Kier alpha value is -2.13. The van der Waals surface area contributed by atoms with E-state index in [4.69, 9.17) is 0 Å². The smallest absolute Gasteiger partial charge is 0.234 e. The molecule has 2 rings (SSSR count). The molecule has 2 aromatic carbocycles. The molecule has 1 N–H and O–H groups in total. The predicted octanol–water partition coefficient (Wildman–Crippen LogP) is 4.08. The van der Waals surface area contributed by atoms with Gasteiger partial charge in [0.05, 0.1) is 12.6 Å². The van der Waals surface area contributed by atoms with Crippen LogP contribution in [0, 0.1) is 6.92 Å². The molecule has 1 atom stereocenters. The Morgan fingerprint density at radius 3 is 2.25 bits per heavy atom. The highest BCUT2D eigenvalue weighted by atomic mass is 16.2. The number of nitrogens with zero attached hydrogens (tertiary/aromatic N) is 1. The number of hydrogen-bond acceptors (Lipinski definition) is 2. The van der Waals surface area contributed by atoms with Crippen molar-refractivity contribution >= 4 is 5.91 Å². The van der Waals surface area contributed by atoms with Crippen molar-refractivity contribution in [3.63, 3.8) is 0 Å². The van der Waals surface area contributed by atoms with Crippen LogP contribution in [0.3, 0.4) is 0 Å². The summed E-state index contributed by atoms with van der Waals surface area (Å²) >= 11 is 0. The molecule has 0 saturated carbocycles. The quantitative estimate of drug-likeness (QED) is 0.832. The Kier molecular flexibility index (Phi) is 6.56. The molecule has 3 nitrogen and oxygen atoms in total. The van der Waals surface area contributed by atoms with Crippen molar-refractivity contribution in [3.05, 3.63) is 71.3 Å². The number of carbonyl (C=O) groups is 1. The highest BCUT2D eigenvalue weighted by Gasteiger charge is 2.17. The zero-order valence-electron chi connectivity index (χ0n) is 15.1. The van der Waals surface area contributed by atoms with E-state index in [1.807, 2.05) is 37.3 Å². The van der Waals surface area contributed by atoms with Gasteiger partial charge in [-0.1, -0.05) is 54.6 Å². The van der Waals surface area contributed by atoms with Gasteiger partial charge in [-0.25, -0.2) is 0 Å². The molecule has 0 radical (unpaired) electrons. The first-order valence-electron chi connectivity index (χ1n) is 8.60. The average molecular weight is 324 g/mol. The van der Waals surface area contributed by atoms with Gasteiger partial charge in [-0.3, -0.25) is 9.69 Å². The molecule has 2 aromatic rings. The second-order valence-corrected chi connectivity index (χ2v) is 6.63. The number of carbonyl (C=O) groups excluding carboxylic acids is 1. The van der Waals surface area contributed by atoms with Crippen LogP contribution < -0.4 is 5.32 Å². The van der Waals surface area contributed by atoms with Crippen molar-refractivity contribution in [2.24, 2.45) is 0 Å². The molecule has 128 valence electrons. The Bertz CT molecular complexity index is 652. The molecule has 0 heterocycles. The van der Waals surface area contributed by atoms with Crippen LogP contribution in [0.15, 0.2) is 54.6 Å². The van der Waals surface area contributed by atoms with Crippen LogP contribution in [0.5, 0.6) is 0 Å². The third-order valence-corrected chi connectivity index (χ3v) is 4.34. The second kappa shape index (κ2) is 8.65. The fraction of sp³-hybridized carbons (Fsp3) is 0.381. The molecule has 0 bridgehead atoms. The normalized spacial score (nSPS) is 12.4. The Labute approximate surface area is 145 Å². The summed E-state index contributed by atoms with van der Waals surface area (Å²) in [4.78, 5) is 14.7. The molecule has 0 aliphatic rings. The molecule has 1 unspecified atom stereocenters. The van der Waals surface area contributed by atoms with Gasteiger partial charge in [0.2, 0.25) is 5.91 Å². The first-order valence-corrected chi connectivity index (χ1v) is 8.60. The lowest BCUT2D eigenvalue weighted by Crippen LogP contribution is -2.41. The summed E-state index contributed by atoms with van der Waals surface area (Å²) in [5.41, 5.74) is 3.60. The van der Waals surface area contributed by atoms with Crippen molar-refractivity contribution in [1.29, 1.82) is 0 Å². The molecule has 0 aliphatic heterocycles. The minimum atomic E-state index is 0.0180. The van der Waals surface area contributed by atoms with Crippen molar-refractivity contribution < 1.29 is 4.79 Å². The molecule has 3 heteroatoms. The van der Waals surface area contributed by atoms with Crippen LogP contribution >= 0.6 is 0 Å². The molecule has 0 fully saturated rings. The van der Waals surface area contributed by atoms with E-state index >= 15 is 0 Å². The van der Waals surface area contributed by atoms with E-state index in [0.717, 1.165) is 6.54 Å². The topological polar surface area (TPSA) is 32.3 Å². The van der Waals surface area contributed by atoms with Gasteiger partial charge >= 0.3 is 0 Å². The largest absolute Gasteiger partial charge is 0.348 e. The summed E-state index contributed by atoms with van der Waals surface area (Å²) in [7, 11) is 0. The average Bonchev–Trinajstić information content (AvgIpc) is 2.55. The number of hydrogen-bond donors (Lipinski definition) is 1. The fourth-order valence-corrected chi connectivity index (χ4v) is 2.86. The van der Waals surface area contributed by atoms with E-state index in [0.29, 0.717) is 12.6 Å². The maximum absolute atomic E-state index is 12.5. The standard InChI is InChI=1S/C21H28N2O/c1-16(2)23(14-19-11-6-5-7-12-19)15-21(24)22-18(4)20-13-9-8-10-17(20)3/h5-13,16,18H,14-15H2,1-4H3,(H,22,24). The lowest BCUT2D eigenvalue weighted by molar-refractivity contribution is -0.123. The summed E-state index contributed by atoms with van der Waals surface area (Å²) in [5.74, 6) is 0.0652. The van der Waals surface area contributed by atoms with Crippen LogP contribution in [0.2, 0.25) is 0 Å².